The van der Waals surface area contributed by atoms with Crippen LogP contribution in [-0.4, -0.2) is 54.0 Å². The van der Waals surface area contributed by atoms with E-state index in [0.29, 0.717) is 13.0 Å². The molecule has 1 unspecified atom stereocenters. The molecule has 1 aromatic rings. The number of nitrogens with zero attached hydrogens (tertiary/aromatic N) is 1. The molecule has 1 aromatic carbocycles. The predicted octanol–water partition coefficient (Wildman–Crippen LogP) is 1.25. The van der Waals surface area contributed by atoms with Crippen molar-refractivity contribution in [3.63, 3.8) is 0 Å². The van der Waals surface area contributed by atoms with Crippen LogP contribution in [-0.2, 0) is 16.0 Å². The van der Waals surface area contributed by atoms with Crippen molar-refractivity contribution in [2.75, 3.05) is 31.3 Å². The second kappa shape index (κ2) is 8.53. The highest BCUT2D eigenvalue weighted by Gasteiger charge is 2.33. The lowest BCUT2D eigenvalue weighted by Gasteiger charge is -2.19. The Labute approximate surface area is 147 Å². The summed E-state index contributed by atoms with van der Waals surface area (Å²) in [5, 5.41) is 6.28. The third kappa shape index (κ3) is 4.74. The Morgan fingerprint density at radius 2 is 2.12 bits per heavy atom. The quantitative estimate of drug-likeness (QED) is 0.813. The lowest BCUT2D eigenvalue weighted by molar-refractivity contribution is -0.131. The van der Waals surface area contributed by atoms with Gasteiger partial charge in [0.25, 0.3) is 0 Å². The van der Waals surface area contributed by atoms with E-state index in [1.54, 1.807) is 11.8 Å². The molecule has 24 heavy (non-hydrogen) atoms. The van der Waals surface area contributed by atoms with Crippen molar-refractivity contribution in [2.45, 2.75) is 25.3 Å². The minimum Gasteiger partial charge on any atom is -0.356 e. The molecule has 0 aliphatic carbocycles. The average Bonchev–Trinajstić information content (AvgIpc) is 3.27. The van der Waals surface area contributed by atoms with Crippen LogP contribution >= 0.6 is 11.8 Å². The Morgan fingerprint density at radius 1 is 1.29 bits per heavy atom. The van der Waals surface area contributed by atoms with Crippen LogP contribution < -0.4 is 10.6 Å². The van der Waals surface area contributed by atoms with Crippen LogP contribution in [0.1, 0.15) is 18.4 Å². The number of nitrogens with one attached hydrogen (secondary N) is 2. The van der Waals surface area contributed by atoms with Crippen molar-refractivity contribution in [2.24, 2.45) is 5.92 Å². The first-order valence-electron chi connectivity index (χ1n) is 8.63. The summed E-state index contributed by atoms with van der Waals surface area (Å²) in [5.41, 5.74) is 1.23. The second-order valence-corrected chi connectivity index (χ2v) is 7.57. The summed E-state index contributed by atoms with van der Waals surface area (Å²) in [6.07, 6.45) is 2.12. The Morgan fingerprint density at radius 3 is 2.88 bits per heavy atom. The smallest absolute Gasteiger partial charge is 0.240 e. The number of amides is 2. The van der Waals surface area contributed by atoms with Gasteiger partial charge < -0.3 is 15.5 Å². The maximum absolute atomic E-state index is 12.4. The third-order valence-electron chi connectivity index (χ3n) is 4.64. The fourth-order valence-corrected chi connectivity index (χ4v) is 4.24. The molecule has 5 nitrogen and oxygen atoms in total. The van der Waals surface area contributed by atoms with Crippen molar-refractivity contribution in [3.05, 3.63) is 35.9 Å². The van der Waals surface area contributed by atoms with Gasteiger partial charge in [-0.1, -0.05) is 30.3 Å². The number of rotatable bonds is 6. The zero-order chi connectivity index (χ0) is 16.8. The highest BCUT2D eigenvalue weighted by atomic mass is 32.2. The predicted molar refractivity (Wildman–Crippen MR) is 96.7 cm³/mol. The molecule has 2 saturated heterocycles. The average molecular weight is 347 g/mol. The zero-order valence-corrected chi connectivity index (χ0v) is 14.7. The van der Waals surface area contributed by atoms with Gasteiger partial charge in [0.15, 0.2) is 0 Å². The van der Waals surface area contributed by atoms with E-state index >= 15 is 0 Å². The molecule has 2 heterocycles. The summed E-state index contributed by atoms with van der Waals surface area (Å²) in [6, 6.07) is 10.0. The van der Waals surface area contributed by atoms with E-state index in [2.05, 4.69) is 22.8 Å². The molecular formula is C18H25N3O2S. The molecule has 130 valence electrons. The van der Waals surface area contributed by atoms with Crippen LogP contribution in [0, 0.1) is 5.92 Å². The molecule has 0 spiro atoms. The highest BCUT2D eigenvalue weighted by molar-refractivity contribution is 7.99. The molecule has 2 fully saturated rings. The van der Waals surface area contributed by atoms with Crippen LogP contribution in [0.25, 0.3) is 0 Å². The van der Waals surface area contributed by atoms with E-state index in [1.807, 2.05) is 23.1 Å². The fourth-order valence-electron chi connectivity index (χ4n) is 3.29. The molecule has 0 aromatic heterocycles. The SMILES string of the molecule is O=C(CC1CN[C@H](C(=O)N2CCSC2)C1)NCCc1ccccc1. The van der Waals surface area contributed by atoms with Crippen LogP contribution in [0.3, 0.4) is 0 Å². The van der Waals surface area contributed by atoms with E-state index < -0.39 is 0 Å². The zero-order valence-electron chi connectivity index (χ0n) is 13.9. The van der Waals surface area contributed by atoms with E-state index in [1.165, 1.54) is 5.56 Å². The highest BCUT2D eigenvalue weighted by Crippen LogP contribution is 2.22. The van der Waals surface area contributed by atoms with Gasteiger partial charge in [0.1, 0.15) is 0 Å². The second-order valence-electron chi connectivity index (χ2n) is 6.49. The third-order valence-corrected chi connectivity index (χ3v) is 5.60. The van der Waals surface area contributed by atoms with Gasteiger partial charge in [-0.05, 0) is 30.9 Å². The van der Waals surface area contributed by atoms with E-state index in [4.69, 9.17) is 0 Å². The summed E-state index contributed by atoms with van der Waals surface area (Å²) in [6.45, 7) is 2.27. The van der Waals surface area contributed by atoms with Crippen molar-refractivity contribution in [3.8, 4) is 0 Å². The van der Waals surface area contributed by atoms with E-state index in [9.17, 15) is 9.59 Å². The topological polar surface area (TPSA) is 61.4 Å². The largest absolute Gasteiger partial charge is 0.356 e. The monoisotopic (exact) mass is 347 g/mol. The summed E-state index contributed by atoms with van der Waals surface area (Å²) in [5.74, 6) is 2.38. The number of carbonyl (C=O) groups is 2. The summed E-state index contributed by atoms with van der Waals surface area (Å²) >= 11 is 1.80. The fraction of sp³-hybridized carbons (Fsp3) is 0.556. The Kier molecular flexibility index (Phi) is 6.15. The van der Waals surface area contributed by atoms with Gasteiger partial charge in [-0.25, -0.2) is 0 Å². The molecule has 2 aliphatic rings. The first-order chi connectivity index (χ1) is 11.7. The number of carbonyl (C=O) groups excluding carboxylic acids is 2. The molecule has 3 rings (SSSR count). The van der Waals surface area contributed by atoms with Gasteiger partial charge in [-0.15, -0.1) is 11.8 Å². The summed E-state index contributed by atoms with van der Waals surface area (Å²) < 4.78 is 0. The maximum Gasteiger partial charge on any atom is 0.240 e. The minimum atomic E-state index is -0.106. The van der Waals surface area contributed by atoms with E-state index in [-0.39, 0.29) is 23.8 Å². The molecule has 2 N–H and O–H groups in total. The maximum atomic E-state index is 12.4. The molecule has 0 radical (unpaired) electrons. The van der Waals surface area contributed by atoms with Crippen molar-refractivity contribution in [1.82, 2.24) is 15.5 Å². The molecule has 2 atom stereocenters. The van der Waals surface area contributed by atoms with Crippen LogP contribution in [0.5, 0.6) is 0 Å². The van der Waals surface area contributed by atoms with Gasteiger partial charge in [0, 0.05) is 25.3 Å². The minimum absolute atomic E-state index is 0.0857. The Bertz CT molecular complexity index is 561. The van der Waals surface area contributed by atoms with Crippen molar-refractivity contribution in [1.29, 1.82) is 0 Å². The van der Waals surface area contributed by atoms with Gasteiger partial charge in [-0.2, -0.15) is 0 Å². The molecule has 0 bridgehead atoms. The Hall–Kier alpha value is -1.53. The normalized spacial score (nSPS) is 23.4. The summed E-state index contributed by atoms with van der Waals surface area (Å²) in [4.78, 5) is 26.4. The standard InChI is InChI=1S/C18H25N3O2S/c22-17(19-7-6-14-4-2-1-3-5-14)11-15-10-16(20-12-15)18(23)21-8-9-24-13-21/h1-5,15-16,20H,6-13H2,(H,19,22)/t15?,16-/m0/s1. The number of hydrogen-bond acceptors (Lipinski definition) is 4. The summed E-state index contributed by atoms with van der Waals surface area (Å²) in [7, 11) is 0. The van der Waals surface area contributed by atoms with E-state index in [0.717, 1.165) is 37.6 Å². The molecule has 2 amide bonds. The molecule has 2 aliphatic heterocycles. The van der Waals surface area contributed by atoms with Crippen molar-refractivity contribution < 1.29 is 9.59 Å². The first-order valence-corrected chi connectivity index (χ1v) is 9.78. The first kappa shape index (κ1) is 17.3. The van der Waals surface area contributed by atoms with Crippen LogP contribution in [0.2, 0.25) is 0 Å². The van der Waals surface area contributed by atoms with Crippen molar-refractivity contribution >= 4 is 23.6 Å². The lowest BCUT2D eigenvalue weighted by atomic mass is 10.0. The molecule has 0 saturated carbocycles. The molecule has 6 heteroatoms. The van der Waals surface area contributed by atoms with Gasteiger partial charge in [0.05, 0.1) is 11.9 Å². The number of thioether (sulfide) groups is 1. The number of benzene rings is 1. The van der Waals surface area contributed by atoms with Gasteiger partial charge in [0.2, 0.25) is 11.8 Å². The van der Waals surface area contributed by atoms with Gasteiger partial charge >= 0.3 is 0 Å². The molecular weight excluding hydrogens is 322 g/mol. The van der Waals surface area contributed by atoms with Gasteiger partial charge in [-0.3, -0.25) is 9.59 Å². The van der Waals surface area contributed by atoms with Crippen LogP contribution in [0.15, 0.2) is 30.3 Å². The van der Waals surface area contributed by atoms with Crippen LogP contribution in [0.4, 0.5) is 0 Å². The lowest BCUT2D eigenvalue weighted by Crippen LogP contribution is -2.42. The number of hydrogen-bond donors (Lipinski definition) is 2. The Balaban J connectivity index is 1.35.